The molecule has 0 aliphatic rings. The third-order valence-corrected chi connectivity index (χ3v) is 3.56. The SMILES string of the molecule is O=C(c1ccccc1)n1oc(=O)c(CBr)c1-c1ccco1. The average Bonchev–Trinajstić information content (AvgIpc) is 3.14. The third-order valence-electron chi connectivity index (χ3n) is 3.00. The molecule has 0 unspecified atom stereocenters. The standard InChI is InChI=1S/C15H10BrNO4/c16-9-11-13(12-7-4-8-20-12)17(21-15(11)19)14(18)10-5-2-1-3-6-10/h1-8H,9H2. The Labute approximate surface area is 127 Å². The molecule has 0 bridgehead atoms. The first-order valence-corrected chi connectivity index (χ1v) is 7.29. The van der Waals surface area contributed by atoms with Gasteiger partial charge in [-0.25, -0.2) is 4.79 Å². The van der Waals surface area contributed by atoms with Crippen molar-refractivity contribution < 1.29 is 13.7 Å². The van der Waals surface area contributed by atoms with Crippen LogP contribution in [0.3, 0.4) is 0 Å². The lowest BCUT2D eigenvalue weighted by molar-refractivity contribution is 0.0842. The van der Waals surface area contributed by atoms with Crippen molar-refractivity contribution in [2.45, 2.75) is 5.33 Å². The van der Waals surface area contributed by atoms with Crippen molar-refractivity contribution in [3.8, 4) is 11.5 Å². The molecule has 0 saturated carbocycles. The van der Waals surface area contributed by atoms with Gasteiger partial charge in [0.2, 0.25) is 0 Å². The highest BCUT2D eigenvalue weighted by molar-refractivity contribution is 9.08. The molecule has 6 heteroatoms. The minimum absolute atomic E-state index is 0.264. The fourth-order valence-electron chi connectivity index (χ4n) is 2.02. The lowest BCUT2D eigenvalue weighted by Crippen LogP contribution is -2.12. The lowest BCUT2D eigenvalue weighted by Gasteiger charge is -2.04. The molecule has 0 amide bonds. The smallest absolute Gasteiger partial charge is 0.363 e. The Morgan fingerprint density at radius 1 is 1.14 bits per heavy atom. The number of carbonyl (C=O) groups excluding carboxylic acids is 1. The van der Waals surface area contributed by atoms with Gasteiger partial charge >= 0.3 is 5.63 Å². The normalized spacial score (nSPS) is 10.7. The quantitative estimate of drug-likeness (QED) is 0.682. The summed E-state index contributed by atoms with van der Waals surface area (Å²) in [6, 6.07) is 12.0. The molecule has 21 heavy (non-hydrogen) atoms. The van der Waals surface area contributed by atoms with Crippen LogP contribution >= 0.6 is 15.9 Å². The first kappa shape index (κ1) is 13.6. The van der Waals surface area contributed by atoms with Crippen LogP contribution in [-0.2, 0) is 5.33 Å². The number of hydrogen-bond donors (Lipinski definition) is 0. The van der Waals surface area contributed by atoms with E-state index in [1.54, 1.807) is 42.5 Å². The molecule has 0 spiro atoms. The summed E-state index contributed by atoms with van der Waals surface area (Å²) in [5.74, 6) is -0.0223. The molecule has 0 N–H and O–H groups in total. The van der Waals surface area contributed by atoms with Gasteiger partial charge in [-0.3, -0.25) is 4.79 Å². The summed E-state index contributed by atoms with van der Waals surface area (Å²) >= 11 is 3.24. The fourth-order valence-corrected chi connectivity index (χ4v) is 2.52. The van der Waals surface area contributed by atoms with Crippen LogP contribution in [0, 0.1) is 0 Å². The Morgan fingerprint density at radius 3 is 2.52 bits per heavy atom. The first-order chi connectivity index (χ1) is 10.2. The summed E-state index contributed by atoms with van der Waals surface area (Å²) in [5, 5.41) is 0.264. The molecule has 0 radical (unpaired) electrons. The van der Waals surface area contributed by atoms with E-state index in [1.807, 2.05) is 0 Å². The maximum Gasteiger partial charge on any atom is 0.363 e. The largest absolute Gasteiger partial charge is 0.463 e. The zero-order valence-electron chi connectivity index (χ0n) is 10.8. The van der Waals surface area contributed by atoms with E-state index in [4.69, 9.17) is 8.94 Å². The fraction of sp³-hybridized carbons (Fsp3) is 0.0667. The number of benzene rings is 1. The van der Waals surface area contributed by atoms with E-state index < -0.39 is 11.5 Å². The summed E-state index contributed by atoms with van der Waals surface area (Å²) in [6.07, 6.45) is 1.47. The third kappa shape index (κ3) is 2.38. The van der Waals surface area contributed by atoms with Gasteiger partial charge in [0.1, 0.15) is 5.69 Å². The van der Waals surface area contributed by atoms with Crippen LogP contribution in [-0.4, -0.2) is 10.6 Å². The van der Waals surface area contributed by atoms with Crippen molar-refractivity contribution in [2.75, 3.05) is 0 Å². The Kier molecular flexibility index (Phi) is 3.62. The summed E-state index contributed by atoms with van der Waals surface area (Å²) in [7, 11) is 0. The highest BCUT2D eigenvalue weighted by Gasteiger charge is 2.24. The molecule has 1 aromatic carbocycles. The monoisotopic (exact) mass is 347 g/mol. The number of halogens is 1. The van der Waals surface area contributed by atoms with E-state index >= 15 is 0 Å². The number of carbonyl (C=O) groups is 1. The molecule has 0 aliphatic carbocycles. The maximum absolute atomic E-state index is 12.5. The molecular formula is C15H10BrNO4. The molecule has 2 heterocycles. The highest BCUT2D eigenvalue weighted by Crippen LogP contribution is 2.25. The van der Waals surface area contributed by atoms with Crippen LogP contribution in [0.4, 0.5) is 0 Å². The molecule has 3 aromatic rings. The molecular weight excluding hydrogens is 338 g/mol. The van der Waals surface area contributed by atoms with Crippen LogP contribution in [0.2, 0.25) is 0 Å². The summed E-state index contributed by atoms with van der Waals surface area (Å²) in [5.41, 5.74) is 0.526. The van der Waals surface area contributed by atoms with Crippen LogP contribution < -0.4 is 5.63 Å². The van der Waals surface area contributed by atoms with E-state index in [1.165, 1.54) is 6.26 Å². The van der Waals surface area contributed by atoms with Gasteiger partial charge in [0.05, 0.1) is 11.8 Å². The number of alkyl halides is 1. The number of rotatable bonds is 3. The van der Waals surface area contributed by atoms with E-state index in [0.717, 1.165) is 4.74 Å². The minimum Gasteiger partial charge on any atom is -0.463 e. The second-order valence-electron chi connectivity index (χ2n) is 4.28. The van der Waals surface area contributed by atoms with Crippen LogP contribution in [0.5, 0.6) is 0 Å². The highest BCUT2D eigenvalue weighted by atomic mass is 79.9. The van der Waals surface area contributed by atoms with Crippen molar-refractivity contribution in [1.29, 1.82) is 0 Å². The molecule has 0 fully saturated rings. The van der Waals surface area contributed by atoms with Gasteiger partial charge in [-0.2, -0.15) is 0 Å². The van der Waals surface area contributed by atoms with Crippen LogP contribution in [0.1, 0.15) is 15.9 Å². The Morgan fingerprint density at radius 2 is 1.90 bits per heavy atom. The average molecular weight is 348 g/mol. The predicted molar refractivity (Wildman–Crippen MR) is 79.5 cm³/mol. The lowest BCUT2D eigenvalue weighted by atomic mass is 10.2. The number of hydrogen-bond acceptors (Lipinski definition) is 4. The molecule has 0 saturated heterocycles. The van der Waals surface area contributed by atoms with Gasteiger partial charge in [-0.15, -0.1) is 4.74 Å². The molecule has 5 nitrogen and oxygen atoms in total. The Balaban J connectivity index is 2.20. The first-order valence-electron chi connectivity index (χ1n) is 6.17. The van der Waals surface area contributed by atoms with E-state index in [-0.39, 0.29) is 5.33 Å². The van der Waals surface area contributed by atoms with Gasteiger partial charge in [0.15, 0.2) is 5.76 Å². The number of nitrogens with zero attached hydrogens (tertiary/aromatic N) is 1. The van der Waals surface area contributed by atoms with Gasteiger partial charge in [-0.05, 0) is 24.3 Å². The van der Waals surface area contributed by atoms with Gasteiger partial charge in [0, 0.05) is 10.9 Å². The van der Waals surface area contributed by atoms with Crippen LogP contribution in [0.25, 0.3) is 11.5 Å². The van der Waals surface area contributed by atoms with Crippen molar-refractivity contribution in [3.05, 3.63) is 70.3 Å². The summed E-state index contributed by atoms with van der Waals surface area (Å²) < 4.78 is 11.4. The summed E-state index contributed by atoms with van der Waals surface area (Å²) in [6.45, 7) is 0. The summed E-state index contributed by atoms with van der Waals surface area (Å²) in [4.78, 5) is 24.4. The van der Waals surface area contributed by atoms with E-state index in [2.05, 4.69) is 15.9 Å². The van der Waals surface area contributed by atoms with Crippen molar-refractivity contribution in [1.82, 2.24) is 4.74 Å². The zero-order valence-corrected chi connectivity index (χ0v) is 12.4. The van der Waals surface area contributed by atoms with Gasteiger partial charge in [-0.1, -0.05) is 34.1 Å². The maximum atomic E-state index is 12.5. The number of aromatic nitrogens is 1. The molecule has 3 rings (SSSR count). The van der Waals surface area contributed by atoms with Crippen molar-refractivity contribution in [3.63, 3.8) is 0 Å². The zero-order chi connectivity index (χ0) is 14.8. The van der Waals surface area contributed by atoms with Crippen LogP contribution in [0.15, 0.2) is 62.5 Å². The Bertz CT molecular complexity index is 815. The minimum atomic E-state index is -0.567. The predicted octanol–water partition coefficient (Wildman–Crippen LogP) is 3.28. The van der Waals surface area contributed by atoms with Crippen molar-refractivity contribution >= 4 is 21.8 Å². The molecule has 2 aromatic heterocycles. The van der Waals surface area contributed by atoms with Gasteiger partial charge in [0.25, 0.3) is 5.91 Å². The molecule has 0 atom stereocenters. The number of furan rings is 1. The van der Waals surface area contributed by atoms with E-state index in [0.29, 0.717) is 22.6 Å². The molecule has 0 aliphatic heterocycles. The second-order valence-corrected chi connectivity index (χ2v) is 4.84. The van der Waals surface area contributed by atoms with Gasteiger partial charge < -0.3 is 8.94 Å². The topological polar surface area (TPSA) is 65.3 Å². The van der Waals surface area contributed by atoms with Crippen molar-refractivity contribution in [2.24, 2.45) is 0 Å². The second kappa shape index (κ2) is 5.57. The molecule has 106 valence electrons. The van der Waals surface area contributed by atoms with E-state index in [9.17, 15) is 9.59 Å². The Hall–Kier alpha value is -2.34.